The van der Waals surface area contributed by atoms with Crippen LogP contribution in [0.1, 0.15) is 40.7 Å². The Bertz CT molecular complexity index is 759. The predicted octanol–water partition coefficient (Wildman–Crippen LogP) is 0.241. The van der Waals surface area contributed by atoms with Gasteiger partial charge in [0, 0.05) is 37.7 Å². The molecule has 138 valence electrons. The van der Waals surface area contributed by atoms with Gasteiger partial charge < -0.3 is 15.1 Å². The number of nitrogens with one attached hydrogen (secondary N) is 2. The second-order valence-electron chi connectivity index (χ2n) is 7.48. The number of imide groups is 1. The second kappa shape index (κ2) is 6.81. The number of rotatable bonds is 5. The van der Waals surface area contributed by atoms with Crippen LogP contribution in [0.4, 0.5) is 0 Å². The highest BCUT2D eigenvalue weighted by molar-refractivity contribution is 6.05. The molecular formula is C19H24N4O3. The van der Waals surface area contributed by atoms with Gasteiger partial charge in [-0.05, 0) is 43.6 Å². The van der Waals surface area contributed by atoms with Gasteiger partial charge in [0.1, 0.15) is 6.04 Å². The van der Waals surface area contributed by atoms with E-state index in [-0.39, 0.29) is 24.1 Å². The summed E-state index contributed by atoms with van der Waals surface area (Å²) < 4.78 is 0. The lowest BCUT2D eigenvalue weighted by Gasteiger charge is -2.32. The van der Waals surface area contributed by atoms with Gasteiger partial charge in [-0.3, -0.25) is 19.7 Å². The van der Waals surface area contributed by atoms with Crippen LogP contribution >= 0.6 is 0 Å². The molecule has 2 unspecified atom stereocenters. The van der Waals surface area contributed by atoms with Gasteiger partial charge in [-0.1, -0.05) is 12.1 Å². The number of fused-ring (bicyclic) bond motifs is 1. The maximum absolute atomic E-state index is 12.8. The number of piperidine rings is 1. The largest absolute Gasteiger partial charge is 0.322 e. The molecule has 2 N–H and O–H groups in total. The Hall–Kier alpha value is -2.25. The van der Waals surface area contributed by atoms with Gasteiger partial charge in [-0.2, -0.15) is 0 Å². The molecule has 1 aromatic carbocycles. The minimum Gasteiger partial charge on any atom is -0.322 e. The molecule has 3 aliphatic rings. The lowest BCUT2D eigenvalue weighted by atomic mass is 10.0. The minimum atomic E-state index is -0.558. The van der Waals surface area contributed by atoms with Crippen LogP contribution in [0.15, 0.2) is 18.2 Å². The number of nitrogens with zero attached hydrogens (tertiary/aromatic N) is 2. The smallest absolute Gasteiger partial charge is 0.255 e. The highest BCUT2D eigenvalue weighted by Crippen LogP contribution is 2.30. The first-order valence-electron chi connectivity index (χ1n) is 9.20. The van der Waals surface area contributed by atoms with Gasteiger partial charge in [0.2, 0.25) is 11.8 Å². The molecule has 0 bridgehead atoms. The van der Waals surface area contributed by atoms with Crippen molar-refractivity contribution in [3.63, 3.8) is 0 Å². The summed E-state index contributed by atoms with van der Waals surface area (Å²) in [6, 6.07) is 5.80. The molecule has 0 saturated carbocycles. The predicted molar refractivity (Wildman–Crippen MR) is 95.2 cm³/mol. The number of hydrogen-bond donors (Lipinski definition) is 2. The summed E-state index contributed by atoms with van der Waals surface area (Å²) in [4.78, 5) is 40.3. The van der Waals surface area contributed by atoms with Gasteiger partial charge in [0.25, 0.3) is 5.91 Å². The Balaban J connectivity index is 1.50. The Morgan fingerprint density at radius 2 is 2.04 bits per heavy atom. The number of likely N-dealkylation sites (N-methyl/N-ethyl adjacent to an activating group) is 1. The van der Waals surface area contributed by atoms with Crippen molar-refractivity contribution in [2.24, 2.45) is 0 Å². The maximum atomic E-state index is 12.8. The third-order valence-electron chi connectivity index (χ3n) is 5.58. The Kier molecular flexibility index (Phi) is 4.50. The fourth-order valence-corrected chi connectivity index (χ4v) is 4.03. The number of benzene rings is 1. The fraction of sp³-hybridized carbons (Fsp3) is 0.526. The summed E-state index contributed by atoms with van der Waals surface area (Å²) in [5, 5.41) is 5.75. The Labute approximate surface area is 152 Å². The highest BCUT2D eigenvalue weighted by atomic mass is 16.2. The zero-order chi connectivity index (χ0) is 18.3. The molecule has 3 aliphatic heterocycles. The molecule has 3 amide bonds. The molecular weight excluding hydrogens is 332 g/mol. The summed E-state index contributed by atoms with van der Waals surface area (Å²) in [5.41, 5.74) is 2.82. The summed E-state index contributed by atoms with van der Waals surface area (Å²) in [6.07, 6.45) is 1.88. The number of hydrogen-bond acceptors (Lipinski definition) is 5. The fourth-order valence-electron chi connectivity index (χ4n) is 4.03. The van der Waals surface area contributed by atoms with Crippen molar-refractivity contribution in [1.82, 2.24) is 20.4 Å². The molecule has 0 aliphatic carbocycles. The van der Waals surface area contributed by atoms with E-state index in [2.05, 4.69) is 28.6 Å². The Morgan fingerprint density at radius 1 is 1.23 bits per heavy atom. The lowest BCUT2D eigenvalue weighted by molar-refractivity contribution is -0.136. The number of amides is 3. The van der Waals surface area contributed by atoms with E-state index in [1.807, 2.05) is 12.1 Å². The van der Waals surface area contributed by atoms with Crippen LogP contribution in [0.5, 0.6) is 0 Å². The lowest BCUT2D eigenvalue weighted by Crippen LogP contribution is -2.52. The zero-order valence-corrected chi connectivity index (χ0v) is 15.0. The topological polar surface area (TPSA) is 81.8 Å². The van der Waals surface area contributed by atoms with Crippen LogP contribution < -0.4 is 10.6 Å². The number of carbonyl (C=O) groups is 3. The van der Waals surface area contributed by atoms with Crippen molar-refractivity contribution < 1.29 is 14.4 Å². The average molecular weight is 356 g/mol. The van der Waals surface area contributed by atoms with Crippen LogP contribution in [-0.4, -0.2) is 59.7 Å². The van der Waals surface area contributed by atoms with Crippen LogP contribution in [0, 0.1) is 0 Å². The third-order valence-corrected chi connectivity index (χ3v) is 5.58. The van der Waals surface area contributed by atoms with Crippen molar-refractivity contribution in [3.05, 3.63) is 34.9 Å². The zero-order valence-electron chi connectivity index (χ0n) is 15.0. The summed E-state index contributed by atoms with van der Waals surface area (Å²) in [6.45, 7) is 3.28. The van der Waals surface area contributed by atoms with E-state index in [9.17, 15) is 14.4 Å². The molecule has 4 rings (SSSR count). The van der Waals surface area contributed by atoms with Crippen molar-refractivity contribution in [1.29, 1.82) is 0 Å². The van der Waals surface area contributed by atoms with Crippen molar-refractivity contribution in [3.8, 4) is 0 Å². The third kappa shape index (κ3) is 3.12. The normalized spacial score (nSPS) is 25.3. The molecule has 1 aromatic rings. The SMILES string of the molecule is CN(Cc1cccc2c1CN(C1CCC(=O)NC1=O)C2=O)CC1CCN1. The molecule has 2 saturated heterocycles. The monoisotopic (exact) mass is 356 g/mol. The van der Waals surface area contributed by atoms with Crippen molar-refractivity contribution in [2.75, 3.05) is 20.1 Å². The molecule has 7 nitrogen and oxygen atoms in total. The van der Waals surface area contributed by atoms with E-state index in [0.29, 0.717) is 24.6 Å². The van der Waals surface area contributed by atoms with E-state index < -0.39 is 6.04 Å². The standard InChI is InChI=1S/C19H24N4O3/c1-22(10-13-7-8-20-13)9-12-3-2-4-14-15(12)11-23(19(14)26)16-5-6-17(24)21-18(16)25/h2-4,13,16,20H,5-11H2,1H3,(H,21,24,25). The van der Waals surface area contributed by atoms with E-state index in [0.717, 1.165) is 30.8 Å². The van der Waals surface area contributed by atoms with Gasteiger partial charge in [0.05, 0.1) is 0 Å². The molecule has 2 fully saturated rings. The first-order chi connectivity index (χ1) is 12.5. The van der Waals surface area contributed by atoms with Crippen LogP contribution in [-0.2, 0) is 22.7 Å². The van der Waals surface area contributed by atoms with Gasteiger partial charge in [-0.25, -0.2) is 0 Å². The van der Waals surface area contributed by atoms with Crippen LogP contribution in [0.25, 0.3) is 0 Å². The van der Waals surface area contributed by atoms with E-state index >= 15 is 0 Å². The van der Waals surface area contributed by atoms with Gasteiger partial charge in [-0.15, -0.1) is 0 Å². The minimum absolute atomic E-state index is 0.111. The number of carbonyl (C=O) groups excluding carboxylic acids is 3. The average Bonchev–Trinajstić information content (AvgIpc) is 2.89. The van der Waals surface area contributed by atoms with Crippen LogP contribution in [0.3, 0.4) is 0 Å². The summed E-state index contributed by atoms with van der Waals surface area (Å²) in [7, 11) is 2.09. The first kappa shape index (κ1) is 17.2. The second-order valence-corrected chi connectivity index (χ2v) is 7.48. The summed E-state index contributed by atoms with van der Waals surface area (Å²) in [5.74, 6) is -0.737. The van der Waals surface area contributed by atoms with Crippen molar-refractivity contribution >= 4 is 17.7 Å². The molecule has 0 spiro atoms. The molecule has 0 aromatic heterocycles. The summed E-state index contributed by atoms with van der Waals surface area (Å²) >= 11 is 0. The molecule has 2 atom stereocenters. The van der Waals surface area contributed by atoms with Gasteiger partial charge >= 0.3 is 0 Å². The van der Waals surface area contributed by atoms with Crippen molar-refractivity contribution in [2.45, 2.75) is 44.4 Å². The maximum Gasteiger partial charge on any atom is 0.255 e. The molecule has 26 heavy (non-hydrogen) atoms. The highest BCUT2D eigenvalue weighted by Gasteiger charge is 2.39. The van der Waals surface area contributed by atoms with Gasteiger partial charge in [0.15, 0.2) is 0 Å². The van der Waals surface area contributed by atoms with E-state index in [4.69, 9.17) is 0 Å². The first-order valence-corrected chi connectivity index (χ1v) is 9.20. The molecule has 0 radical (unpaired) electrons. The quantitative estimate of drug-likeness (QED) is 0.739. The molecule has 3 heterocycles. The Morgan fingerprint density at radius 3 is 2.73 bits per heavy atom. The van der Waals surface area contributed by atoms with E-state index in [1.54, 1.807) is 4.90 Å². The van der Waals surface area contributed by atoms with Crippen LogP contribution in [0.2, 0.25) is 0 Å². The van der Waals surface area contributed by atoms with E-state index in [1.165, 1.54) is 6.42 Å². The molecule has 7 heteroatoms.